The molecule has 0 aromatic rings. The fourth-order valence-corrected chi connectivity index (χ4v) is 4.09. The lowest BCUT2D eigenvalue weighted by Gasteiger charge is -2.47. The molecule has 1 amide bonds. The molecule has 0 unspecified atom stereocenters. The first-order valence-corrected chi connectivity index (χ1v) is 7.97. The third kappa shape index (κ3) is 2.65. The van der Waals surface area contributed by atoms with Gasteiger partial charge in [0.1, 0.15) is 0 Å². The van der Waals surface area contributed by atoms with E-state index in [4.69, 9.17) is 5.11 Å². The molecule has 21 heavy (non-hydrogen) atoms. The molecule has 0 aromatic carbocycles. The molecule has 0 radical (unpaired) electrons. The van der Waals surface area contributed by atoms with Gasteiger partial charge in [-0.1, -0.05) is 0 Å². The zero-order valence-corrected chi connectivity index (χ0v) is 12.7. The van der Waals surface area contributed by atoms with E-state index in [1.165, 1.54) is 5.70 Å². The summed E-state index contributed by atoms with van der Waals surface area (Å²) >= 11 is 0. The highest BCUT2D eigenvalue weighted by atomic mass is 16.4. The van der Waals surface area contributed by atoms with Crippen molar-refractivity contribution in [1.29, 1.82) is 0 Å². The molecule has 1 spiro atoms. The Balaban J connectivity index is 1.59. The molecule has 5 heteroatoms. The Morgan fingerprint density at radius 2 is 1.62 bits per heavy atom. The minimum absolute atomic E-state index is 0.306. The summed E-state index contributed by atoms with van der Waals surface area (Å²) in [7, 11) is 0. The van der Waals surface area contributed by atoms with Gasteiger partial charge in [-0.15, -0.1) is 0 Å². The highest BCUT2D eigenvalue weighted by Crippen LogP contribution is 2.43. The second-order valence-corrected chi connectivity index (χ2v) is 6.75. The van der Waals surface area contributed by atoms with Gasteiger partial charge in [-0.2, -0.15) is 0 Å². The normalized spacial score (nSPS) is 25.9. The van der Waals surface area contributed by atoms with Crippen molar-refractivity contribution >= 4 is 11.9 Å². The standard InChI is InChI=1S/C16H24N2O3/c1-12-13(2-3-14(12)19)17-8-4-16(5-9-17)6-10-18(11-7-16)15(20)21/h2-11H2,1H3,(H,20,21). The average Bonchev–Trinajstić information content (AvgIpc) is 2.81. The van der Waals surface area contributed by atoms with E-state index in [9.17, 15) is 9.59 Å². The first-order valence-electron chi connectivity index (χ1n) is 7.97. The first kappa shape index (κ1) is 14.4. The molecule has 5 nitrogen and oxygen atoms in total. The Bertz CT molecular complexity index is 480. The van der Waals surface area contributed by atoms with Crippen LogP contribution in [0.1, 0.15) is 45.4 Å². The molecule has 0 saturated carbocycles. The number of piperidine rings is 2. The number of amides is 1. The number of rotatable bonds is 1. The van der Waals surface area contributed by atoms with Crippen LogP contribution in [0.5, 0.6) is 0 Å². The number of ketones is 1. The van der Waals surface area contributed by atoms with Crippen molar-refractivity contribution in [1.82, 2.24) is 9.80 Å². The van der Waals surface area contributed by atoms with Crippen LogP contribution in [0.15, 0.2) is 11.3 Å². The first-order chi connectivity index (χ1) is 10.0. The summed E-state index contributed by atoms with van der Waals surface area (Å²) in [6.45, 7) is 5.35. The second-order valence-electron chi connectivity index (χ2n) is 6.75. The SMILES string of the molecule is CC1=C(N2CCC3(CCN(C(=O)O)CC3)CC2)CCC1=O. The third-order valence-corrected chi connectivity index (χ3v) is 5.74. The molecule has 2 heterocycles. The summed E-state index contributed by atoms with van der Waals surface area (Å²) in [5, 5.41) is 9.04. The molecule has 3 aliphatic rings. The van der Waals surface area contributed by atoms with E-state index in [2.05, 4.69) is 4.90 Å². The predicted molar refractivity (Wildman–Crippen MR) is 79.0 cm³/mol. The highest BCUT2D eigenvalue weighted by molar-refractivity contribution is 5.97. The number of Topliss-reactive ketones (excluding diaryl/α,β-unsaturated/α-hetero) is 1. The number of carbonyl (C=O) groups excluding carboxylic acids is 1. The Hall–Kier alpha value is -1.52. The van der Waals surface area contributed by atoms with E-state index in [-0.39, 0.29) is 0 Å². The minimum Gasteiger partial charge on any atom is -0.465 e. The minimum atomic E-state index is -0.785. The number of likely N-dealkylation sites (tertiary alicyclic amines) is 2. The quantitative estimate of drug-likeness (QED) is 0.806. The van der Waals surface area contributed by atoms with Crippen LogP contribution >= 0.6 is 0 Å². The van der Waals surface area contributed by atoms with Gasteiger partial charge in [0.05, 0.1) is 0 Å². The lowest BCUT2D eigenvalue weighted by Crippen LogP contribution is -2.47. The third-order valence-electron chi connectivity index (χ3n) is 5.74. The topological polar surface area (TPSA) is 60.9 Å². The van der Waals surface area contributed by atoms with Gasteiger partial charge >= 0.3 is 6.09 Å². The van der Waals surface area contributed by atoms with E-state index in [0.29, 0.717) is 30.7 Å². The molecule has 0 aromatic heterocycles. The fourth-order valence-electron chi connectivity index (χ4n) is 4.09. The summed E-state index contributed by atoms with van der Waals surface area (Å²) in [5.74, 6) is 0.306. The van der Waals surface area contributed by atoms with Crippen LogP contribution in [0, 0.1) is 5.41 Å². The number of carbonyl (C=O) groups is 2. The highest BCUT2D eigenvalue weighted by Gasteiger charge is 2.39. The molecule has 116 valence electrons. The maximum absolute atomic E-state index is 11.7. The van der Waals surface area contributed by atoms with Crippen LogP contribution in [0.3, 0.4) is 0 Å². The molecular weight excluding hydrogens is 268 g/mol. The summed E-state index contributed by atoms with van der Waals surface area (Å²) in [4.78, 5) is 26.6. The van der Waals surface area contributed by atoms with Crippen LogP contribution in [-0.4, -0.2) is 53.0 Å². The van der Waals surface area contributed by atoms with Gasteiger partial charge in [0.25, 0.3) is 0 Å². The summed E-state index contributed by atoms with van der Waals surface area (Å²) in [6.07, 6.45) is 5.04. The lowest BCUT2D eigenvalue weighted by molar-refractivity contribution is -0.114. The van der Waals surface area contributed by atoms with Crippen molar-refractivity contribution in [3.8, 4) is 0 Å². The smallest absolute Gasteiger partial charge is 0.407 e. The maximum atomic E-state index is 11.7. The van der Waals surface area contributed by atoms with Gasteiger partial charge in [-0.05, 0) is 44.4 Å². The predicted octanol–water partition coefficient (Wildman–Crippen LogP) is 2.48. The van der Waals surface area contributed by atoms with E-state index in [0.717, 1.165) is 50.8 Å². The zero-order valence-electron chi connectivity index (χ0n) is 12.7. The van der Waals surface area contributed by atoms with Crippen molar-refractivity contribution in [3.63, 3.8) is 0 Å². The summed E-state index contributed by atoms with van der Waals surface area (Å²) < 4.78 is 0. The molecule has 1 N–H and O–H groups in total. The maximum Gasteiger partial charge on any atom is 0.407 e. The van der Waals surface area contributed by atoms with Crippen molar-refractivity contribution in [3.05, 3.63) is 11.3 Å². The number of allylic oxidation sites excluding steroid dienone is 2. The Morgan fingerprint density at radius 1 is 1.05 bits per heavy atom. The number of nitrogens with zero attached hydrogens (tertiary/aromatic N) is 2. The molecule has 2 fully saturated rings. The molecule has 3 rings (SSSR count). The average molecular weight is 292 g/mol. The van der Waals surface area contributed by atoms with Crippen LogP contribution in [0.25, 0.3) is 0 Å². The Kier molecular flexibility index (Phi) is 3.68. The molecule has 0 bridgehead atoms. The van der Waals surface area contributed by atoms with Crippen molar-refractivity contribution in [2.24, 2.45) is 5.41 Å². The number of hydrogen-bond donors (Lipinski definition) is 1. The van der Waals surface area contributed by atoms with Gasteiger partial charge in [0.2, 0.25) is 0 Å². The van der Waals surface area contributed by atoms with Crippen molar-refractivity contribution in [2.45, 2.75) is 45.4 Å². The summed E-state index contributed by atoms with van der Waals surface area (Å²) in [5.41, 5.74) is 2.56. The van der Waals surface area contributed by atoms with Gasteiger partial charge in [0, 0.05) is 43.9 Å². The molecule has 0 atom stereocenters. The zero-order chi connectivity index (χ0) is 15.0. The second kappa shape index (κ2) is 5.35. The Morgan fingerprint density at radius 3 is 2.10 bits per heavy atom. The van der Waals surface area contributed by atoms with Gasteiger partial charge < -0.3 is 14.9 Å². The van der Waals surface area contributed by atoms with Gasteiger partial charge in [-0.25, -0.2) is 4.79 Å². The summed E-state index contributed by atoms with van der Waals surface area (Å²) in [6, 6.07) is 0. The van der Waals surface area contributed by atoms with Gasteiger partial charge in [-0.3, -0.25) is 4.79 Å². The molecular formula is C16H24N2O3. The number of hydrogen-bond acceptors (Lipinski definition) is 3. The molecule has 1 aliphatic carbocycles. The van der Waals surface area contributed by atoms with E-state index in [1.54, 1.807) is 4.90 Å². The van der Waals surface area contributed by atoms with Crippen LogP contribution < -0.4 is 0 Å². The van der Waals surface area contributed by atoms with Crippen LogP contribution in [-0.2, 0) is 4.79 Å². The van der Waals surface area contributed by atoms with Crippen LogP contribution in [0.4, 0.5) is 4.79 Å². The molecule has 2 saturated heterocycles. The Labute approximate surface area is 125 Å². The van der Waals surface area contributed by atoms with Gasteiger partial charge in [0.15, 0.2) is 5.78 Å². The van der Waals surface area contributed by atoms with E-state index >= 15 is 0 Å². The fraction of sp³-hybridized carbons (Fsp3) is 0.750. The number of carboxylic acid groups (broad SMARTS) is 1. The van der Waals surface area contributed by atoms with E-state index < -0.39 is 6.09 Å². The molecule has 2 aliphatic heterocycles. The monoisotopic (exact) mass is 292 g/mol. The van der Waals surface area contributed by atoms with Crippen molar-refractivity contribution < 1.29 is 14.7 Å². The lowest BCUT2D eigenvalue weighted by atomic mass is 9.71. The van der Waals surface area contributed by atoms with Crippen molar-refractivity contribution in [2.75, 3.05) is 26.2 Å². The van der Waals surface area contributed by atoms with E-state index in [1.807, 2.05) is 6.92 Å². The largest absolute Gasteiger partial charge is 0.465 e. The van der Waals surface area contributed by atoms with Crippen LogP contribution in [0.2, 0.25) is 0 Å².